The summed E-state index contributed by atoms with van der Waals surface area (Å²) >= 11 is 0. The number of amides is 2. The van der Waals surface area contributed by atoms with Crippen LogP contribution in [0.3, 0.4) is 0 Å². The number of nitrogens with zero attached hydrogens (tertiary/aromatic N) is 2. The lowest BCUT2D eigenvalue weighted by Gasteiger charge is -2.33. The predicted molar refractivity (Wildman–Crippen MR) is 138 cm³/mol. The van der Waals surface area contributed by atoms with E-state index in [4.69, 9.17) is 9.47 Å². The molecule has 0 radical (unpaired) electrons. The summed E-state index contributed by atoms with van der Waals surface area (Å²) in [7, 11) is 3.41. The number of benzene rings is 1. The van der Waals surface area contributed by atoms with Gasteiger partial charge in [0.1, 0.15) is 11.9 Å². The predicted octanol–water partition coefficient (Wildman–Crippen LogP) is 2.57. The number of likely N-dealkylation sites (N-methyl/N-ethyl adjacent to an activating group) is 1. The summed E-state index contributed by atoms with van der Waals surface area (Å²) < 4.78 is 11.0. The number of aliphatic hydroxyl groups is 1. The summed E-state index contributed by atoms with van der Waals surface area (Å²) in [6.45, 7) is 13.6. The fourth-order valence-electron chi connectivity index (χ4n) is 4.39. The van der Waals surface area contributed by atoms with Crippen LogP contribution in [0.1, 0.15) is 50.0 Å². The van der Waals surface area contributed by atoms with Crippen molar-refractivity contribution in [3.63, 3.8) is 0 Å². The van der Waals surface area contributed by atoms with Crippen molar-refractivity contribution in [2.24, 2.45) is 17.8 Å². The van der Waals surface area contributed by atoms with Crippen molar-refractivity contribution in [3.8, 4) is 5.75 Å². The number of ether oxygens (including phenoxy) is 2. The van der Waals surface area contributed by atoms with Crippen LogP contribution < -0.4 is 10.1 Å². The number of nitrogens with one attached hydrogen (secondary N) is 1. The van der Waals surface area contributed by atoms with Gasteiger partial charge in [0.25, 0.3) is 11.8 Å². The van der Waals surface area contributed by atoms with Gasteiger partial charge >= 0.3 is 0 Å². The Labute approximate surface area is 211 Å². The van der Waals surface area contributed by atoms with Gasteiger partial charge in [-0.2, -0.15) is 0 Å². The second kappa shape index (κ2) is 13.8. The SMILES string of the molecule is COCCCOc1cc(C(=O)N(C[C@@H]2CNC[C@H]2CN(C)C(=O)[C@@H](O)C(C)C)C(C)C)ccc1C. The molecule has 1 fully saturated rings. The number of rotatable bonds is 13. The molecule has 0 aliphatic carbocycles. The summed E-state index contributed by atoms with van der Waals surface area (Å²) in [6, 6.07) is 5.65. The minimum Gasteiger partial charge on any atom is -0.493 e. The van der Waals surface area contributed by atoms with E-state index in [9.17, 15) is 14.7 Å². The van der Waals surface area contributed by atoms with E-state index < -0.39 is 6.10 Å². The molecule has 1 saturated heterocycles. The van der Waals surface area contributed by atoms with Crippen LogP contribution >= 0.6 is 0 Å². The molecule has 1 aromatic carbocycles. The molecule has 35 heavy (non-hydrogen) atoms. The molecule has 198 valence electrons. The maximum Gasteiger partial charge on any atom is 0.254 e. The van der Waals surface area contributed by atoms with Crippen molar-refractivity contribution >= 4 is 11.8 Å². The van der Waals surface area contributed by atoms with Crippen LogP contribution in [0.25, 0.3) is 0 Å². The van der Waals surface area contributed by atoms with Crippen LogP contribution in [-0.2, 0) is 9.53 Å². The normalized spacial score (nSPS) is 18.7. The van der Waals surface area contributed by atoms with E-state index in [0.717, 1.165) is 30.8 Å². The molecular formula is C27H45N3O5. The van der Waals surface area contributed by atoms with E-state index in [1.807, 2.05) is 57.7 Å². The summed E-state index contributed by atoms with van der Waals surface area (Å²) in [5, 5.41) is 13.6. The van der Waals surface area contributed by atoms with Gasteiger partial charge in [-0.05, 0) is 56.2 Å². The molecule has 0 aromatic heterocycles. The molecule has 1 aliphatic rings. The summed E-state index contributed by atoms with van der Waals surface area (Å²) in [6.07, 6.45) is -0.206. The Hall–Kier alpha value is -2.16. The molecule has 0 unspecified atom stereocenters. The van der Waals surface area contributed by atoms with Gasteiger partial charge in [0.2, 0.25) is 0 Å². The second-order valence-electron chi connectivity index (χ2n) is 10.3. The first-order chi connectivity index (χ1) is 16.6. The van der Waals surface area contributed by atoms with Crippen LogP contribution in [0.15, 0.2) is 18.2 Å². The van der Waals surface area contributed by atoms with Gasteiger partial charge in [0, 0.05) is 65.0 Å². The van der Waals surface area contributed by atoms with Crippen molar-refractivity contribution < 1.29 is 24.2 Å². The van der Waals surface area contributed by atoms with Gasteiger partial charge in [0.05, 0.1) is 6.61 Å². The standard InChI is InChI=1S/C27H45N3O5/c1-18(2)25(31)27(33)29(6)16-22-14-28-15-23(22)17-30(19(3)4)26(32)21-10-9-20(5)24(13-21)35-12-8-11-34-7/h9-10,13,18-19,22-23,25,28,31H,8,11-12,14-17H2,1-7H3/t22-,23-,25-/m0/s1. The molecule has 3 atom stereocenters. The molecule has 8 heteroatoms. The fraction of sp³-hybridized carbons (Fsp3) is 0.704. The minimum absolute atomic E-state index is 0.0212. The first-order valence-corrected chi connectivity index (χ1v) is 12.7. The molecule has 2 N–H and O–H groups in total. The monoisotopic (exact) mass is 491 g/mol. The fourth-order valence-corrected chi connectivity index (χ4v) is 4.39. The van der Waals surface area contributed by atoms with E-state index in [0.29, 0.717) is 31.9 Å². The van der Waals surface area contributed by atoms with Crippen LogP contribution in [0.5, 0.6) is 5.75 Å². The topological polar surface area (TPSA) is 91.3 Å². The zero-order chi connectivity index (χ0) is 26.1. The van der Waals surface area contributed by atoms with Crippen LogP contribution in [0.2, 0.25) is 0 Å². The Morgan fingerprint density at radius 2 is 1.77 bits per heavy atom. The Morgan fingerprint density at radius 1 is 1.11 bits per heavy atom. The number of hydrogen-bond donors (Lipinski definition) is 2. The van der Waals surface area contributed by atoms with Crippen LogP contribution in [0.4, 0.5) is 0 Å². The molecule has 0 spiro atoms. The molecule has 0 saturated carbocycles. The third-order valence-corrected chi connectivity index (χ3v) is 6.75. The lowest BCUT2D eigenvalue weighted by Crippen LogP contribution is -2.45. The van der Waals surface area contributed by atoms with Gasteiger partial charge < -0.3 is 29.7 Å². The van der Waals surface area contributed by atoms with Crippen LogP contribution in [0, 0.1) is 24.7 Å². The van der Waals surface area contributed by atoms with E-state index in [1.54, 1.807) is 19.1 Å². The highest BCUT2D eigenvalue weighted by Gasteiger charge is 2.34. The molecule has 0 bridgehead atoms. The Bertz CT molecular complexity index is 829. The Morgan fingerprint density at radius 3 is 2.37 bits per heavy atom. The largest absolute Gasteiger partial charge is 0.493 e. The van der Waals surface area contributed by atoms with Gasteiger partial charge in [-0.15, -0.1) is 0 Å². The van der Waals surface area contributed by atoms with Gasteiger partial charge in [-0.1, -0.05) is 19.9 Å². The van der Waals surface area contributed by atoms with E-state index in [1.165, 1.54) is 0 Å². The highest BCUT2D eigenvalue weighted by molar-refractivity contribution is 5.95. The van der Waals surface area contributed by atoms with Crippen molar-refractivity contribution in [1.82, 2.24) is 15.1 Å². The van der Waals surface area contributed by atoms with Gasteiger partial charge in [-0.3, -0.25) is 9.59 Å². The van der Waals surface area contributed by atoms with Crippen molar-refractivity contribution in [2.75, 3.05) is 53.6 Å². The maximum absolute atomic E-state index is 13.5. The van der Waals surface area contributed by atoms with E-state index in [2.05, 4.69) is 5.32 Å². The van der Waals surface area contributed by atoms with Gasteiger partial charge in [0.15, 0.2) is 0 Å². The summed E-state index contributed by atoms with van der Waals surface area (Å²) in [5.41, 5.74) is 1.60. The number of aryl methyl sites for hydroxylation is 1. The zero-order valence-corrected chi connectivity index (χ0v) is 22.5. The second-order valence-corrected chi connectivity index (χ2v) is 10.3. The molecular weight excluding hydrogens is 446 g/mol. The third-order valence-electron chi connectivity index (χ3n) is 6.75. The van der Waals surface area contributed by atoms with Crippen molar-refractivity contribution in [3.05, 3.63) is 29.3 Å². The number of carbonyl (C=O) groups excluding carboxylic acids is 2. The lowest BCUT2D eigenvalue weighted by atomic mass is 9.93. The third kappa shape index (κ3) is 8.19. The van der Waals surface area contributed by atoms with Crippen molar-refractivity contribution in [2.45, 2.75) is 53.2 Å². The number of carbonyl (C=O) groups is 2. The van der Waals surface area contributed by atoms with E-state index in [-0.39, 0.29) is 35.6 Å². The van der Waals surface area contributed by atoms with Gasteiger partial charge in [-0.25, -0.2) is 0 Å². The highest BCUT2D eigenvalue weighted by atomic mass is 16.5. The molecule has 2 rings (SSSR count). The number of methoxy groups -OCH3 is 1. The summed E-state index contributed by atoms with van der Waals surface area (Å²) in [5.74, 6) is 0.741. The zero-order valence-electron chi connectivity index (χ0n) is 22.5. The Balaban J connectivity index is 2.09. The smallest absolute Gasteiger partial charge is 0.254 e. The molecule has 1 aromatic rings. The average Bonchev–Trinajstić information content (AvgIpc) is 3.25. The first kappa shape index (κ1) is 29.1. The highest BCUT2D eigenvalue weighted by Crippen LogP contribution is 2.25. The maximum atomic E-state index is 13.5. The molecule has 2 amide bonds. The average molecular weight is 492 g/mol. The lowest BCUT2D eigenvalue weighted by molar-refractivity contribution is -0.141. The summed E-state index contributed by atoms with van der Waals surface area (Å²) in [4.78, 5) is 29.6. The van der Waals surface area contributed by atoms with E-state index >= 15 is 0 Å². The quantitative estimate of drug-likeness (QED) is 0.412. The Kier molecular flexibility index (Phi) is 11.5. The molecule has 1 aliphatic heterocycles. The first-order valence-electron chi connectivity index (χ1n) is 12.7. The molecule has 1 heterocycles. The molecule has 8 nitrogen and oxygen atoms in total. The van der Waals surface area contributed by atoms with Crippen molar-refractivity contribution in [1.29, 1.82) is 0 Å². The van der Waals surface area contributed by atoms with Crippen LogP contribution in [-0.4, -0.2) is 92.4 Å². The number of hydrogen-bond acceptors (Lipinski definition) is 6. The minimum atomic E-state index is -0.992. The number of aliphatic hydroxyl groups excluding tert-OH is 1.